The molecular formula is C10H12ClF2N5. The van der Waals surface area contributed by atoms with E-state index in [-0.39, 0.29) is 24.2 Å². The molecule has 0 spiro atoms. The molecule has 2 atom stereocenters. The predicted octanol–water partition coefficient (Wildman–Crippen LogP) is 1.10. The van der Waals surface area contributed by atoms with Crippen LogP contribution in [0.3, 0.4) is 0 Å². The lowest BCUT2D eigenvalue weighted by atomic mass is 9.93. The maximum Gasteiger partial charge on any atom is 0.263 e. The summed E-state index contributed by atoms with van der Waals surface area (Å²) < 4.78 is 26.9. The number of alkyl halides is 2. The zero-order valence-electron chi connectivity index (χ0n) is 9.41. The molecule has 1 aromatic rings. The summed E-state index contributed by atoms with van der Waals surface area (Å²) in [6.45, 7) is 0.489. The minimum absolute atomic E-state index is 0.113. The molecule has 0 unspecified atom stereocenters. The van der Waals surface area contributed by atoms with Gasteiger partial charge in [0.05, 0.1) is 5.69 Å². The monoisotopic (exact) mass is 275 g/mol. The third kappa shape index (κ3) is 1.54. The van der Waals surface area contributed by atoms with Gasteiger partial charge in [-0.25, -0.2) is 8.78 Å². The van der Waals surface area contributed by atoms with Crippen LogP contribution in [0.2, 0.25) is 5.15 Å². The van der Waals surface area contributed by atoms with Crippen molar-refractivity contribution in [3.8, 4) is 0 Å². The van der Waals surface area contributed by atoms with Crippen LogP contribution in [-0.4, -0.2) is 41.3 Å². The minimum atomic E-state index is -2.49. The van der Waals surface area contributed by atoms with Gasteiger partial charge >= 0.3 is 0 Å². The van der Waals surface area contributed by atoms with Gasteiger partial charge in [-0.3, -0.25) is 0 Å². The second kappa shape index (κ2) is 3.89. The Kier molecular flexibility index (Phi) is 2.56. The van der Waals surface area contributed by atoms with Crippen LogP contribution in [0.1, 0.15) is 6.42 Å². The average Bonchev–Trinajstić information content (AvgIpc) is 2.67. The van der Waals surface area contributed by atoms with E-state index in [0.29, 0.717) is 18.1 Å². The van der Waals surface area contributed by atoms with E-state index in [1.807, 2.05) is 0 Å². The fraction of sp³-hybridized carbons (Fsp3) is 0.600. The van der Waals surface area contributed by atoms with Gasteiger partial charge in [0.1, 0.15) is 5.54 Å². The quantitative estimate of drug-likeness (QED) is 0.803. The number of nitrogens with two attached hydrogens (primary N) is 1. The summed E-state index contributed by atoms with van der Waals surface area (Å²) in [5.41, 5.74) is 5.13. The zero-order chi connectivity index (χ0) is 12.9. The van der Waals surface area contributed by atoms with Crippen molar-refractivity contribution >= 4 is 23.1 Å². The van der Waals surface area contributed by atoms with Crippen LogP contribution >= 0.6 is 11.6 Å². The molecule has 0 aromatic carbocycles. The molecule has 0 aliphatic carbocycles. The average molecular weight is 276 g/mol. The van der Waals surface area contributed by atoms with Crippen LogP contribution in [0.25, 0.3) is 0 Å². The van der Waals surface area contributed by atoms with Crippen molar-refractivity contribution in [2.75, 3.05) is 23.3 Å². The van der Waals surface area contributed by atoms with Gasteiger partial charge in [-0.2, -0.15) is 0 Å². The highest BCUT2D eigenvalue weighted by Gasteiger charge is 2.54. The molecule has 1 fully saturated rings. The molecule has 8 heteroatoms. The van der Waals surface area contributed by atoms with Crippen LogP contribution in [0.5, 0.6) is 0 Å². The molecule has 98 valence electrons. The number of nitrogens with zero attached hydrogens (tertiary/aromatic N) is 3. The maximum atomic E-state index is 13.4. The van der Waals surface area contributed by atoms with Crippen LogP contribution < -0.4 is 16.0 Å². The molecule has 0 radical (unpaired) electrons. The van der Waals surface area contributed by atoms with E-state index in [2.05, 4.69) is 15.5 Å². The molecule has 2 aliphatic heterocycles. The SMILES string of the molecule is N[C@H]1CN2c3cc(Cl)nnc3NC[C@]2(C(F)F)C1. The van der Waals surface area contributed by atoms with Gasteiger partial charge in [-0.1, -0.05) is 11.6 Å². The number of aromatic nitrogens is 2. The molecule has 1 aromatic heterocycles. The van der Waals surface area contributed by atoms with E-state index in [1.165, 1.54) is 0 Å². The summed E-state index contributed by atoms with van der Waals surface area (Å²) in [6.07, 6.45) is -2.24. The Balaban J connectivity index is 2.10. The first-order chi connectivity index (χ1) is 8.53. The Morgan fingerprint density at radius 1 is 1.56 bits per heavy atom. The number of halogens is 3. The largest absolute Gasteiger partial charge is 0.364 e. The molecule has 3 N–H and O–H groups in total. The molecule has 18 heavy (non-hydrogen) atoms. The summed E-state index contributed by atoms with van der Waals surface area (Å²) in [7, 11) is 0. The van der Waals surface area contributed by atoms with Crippen molar-refractivity contribution in [1.82, 2.24) is 10.2 Å². The van der Waals surface area contributed by atoms with Gasteiger partial charge in [0.2, 0.25) is 0 Å². The number of rotatable bonds is 1. The summed E-state index contributed by atoms with van der Waals surface area (Å²) in [6, 6.07) is 1.27. The molecular weight excluding hydrogens is 264 g/mol. The first kappa shape index (κ1) is 11.9. The van der Waals surface area contributed by atoms with Crippen LogP contribution in [0.15, 0.2) is 6.07 Å². The molecule has 0 bridgehead atoms. The third-order valence-electron chi connectivity index (χ3n) is 3.57. The highest BCUT2D eigenvalue weighted by Crippen LogP contribution is 2.44. The second-order valence-electron chi connectivity index (χ2n) is 4.73. The van der Waals surface area contributed by atoms with E-state index in [4.69, 9.17) is 17.3 Å². The molecule has 2 aliphatic rings. The molecule has 3 heterocycles. The van der Waals surface area contributed by atoms with Crippen LogP contribution in [-0.2, 0) is 0 Å². The van der Waals surface area contributed by atoms with E-state index in [9.17, 15) is 8.78 Å². The number of hydrogen-bond acceptors (Lipinski definition) is 5. The first-order valence-corrected chi connectivity index (χ1v) is 5.99. The van der Waals surface area contributed by atoms with Crippen molar-refractivity contribution in [3.63, 3.8) is 0 Å². The Bertz CT molecular complexity index is 485. The minimum Gasteiger partial charge on any atom is -0.364 e. The normalized spacial score (nSPS) is 30.1. The topological polar surface area (TPSA) is 67.1 Å². The van der Waals surface area contributed by atoms with Gasteiger partial charge in [-0.05, 0) is 6.42 Å². The fourth-order valence-electron chi connectivity index (χ4n) is 2.76. The van der Waals surface area contributed by atoms with Crippen molar-refractivity contribution in [2.24, 2.45) is 5.73 Å². The molecule has 3 rings (SSSR count). The first-order valence-electron chi connectivity index (χ1n) is 5.61. The number of hydrogen-bond donors (Lipinski definition) is 2. The van der Waals surface area contributed by atoms with Crippen molar-refractivity contribution < 1.29 is 8.78 Å². The highest BCUT2D eigenvalue weighted by atomic mass is 35.5. The Labute approximate surface area is 107 Å². The number of nitrogens with one attached hydrogen (secondary N) is 1. The highest BCUT2D eigenvalue weighted by molar-refractivity contribution is 6.29. The van der Waals surface area contributed by atoms with E-state index < -0.39 is 12.0 Å². The smallest absolute Gasteiger partial charge is 0.263 e. The molecule has 1 saturated heterocycles. The van der Waals surface area contributed by atoms with E-state index in [1.54, 1.807) is 11.0 Å². The molecule has 0 saturated carbocycles. The second-order valence-corrected chi connectivity index (χ2v) is 5.12. The fourth-order valence-corrected chi connectivity index (χ4v) is 2.90. The van der Waals surface area contributed by atoms with Crippen LogP contribution in [0, 0.1) is 0 Å². The summed E-state index contributed by atoms with van der Waals surface area (Å²) in [4.78, 5) is 1.62. The van der Waals surface area contributed by atoms with Crippen LogP contribution in [0.4, 0.5) is 20.3 Å². The Morgan fingerprint density at radius 3 is 3.06 bits per heavy atom. The Morgan fingerprint density at radius 2 is 2.33 bits per heavy atom. The summed E-state index contributed by atoms with van der Waals surface area (Å²) in [5.74, 6) is 0.477. The van der Waals surface area contributed by atoms with Gasteiger partial charge in [-0.15, -0.1) is 10.2 Å². The lowest BCUT2D eigenvalue weighted by Crippen LogP contribution is -2.57. The van der Waals surface area contributed by atoms with Gasteiger partial charge in [0.25, 0.3) is 6.43 Å². The molecule has 5 nitrogen and oxygen atoms in total. The standard InChI is InChI=1S/C10H12ClF2N5/c11-7-1-6-8(17-16-7)15-4-10(9(12)13)2-5(14)3-18(6)10/h1,5,9H,2-4,14H2,(H,15,17)/t5-,10+/m1/s1. The van der Waals surface area contributed by atoms with E-state index >= 15 is 0 Å². The summed E-state index contributed by atoms with van der Waals surface area (Å²) >= 11 is 5.78. The van der Waals surface area contributed by atoms with Gasteiger partial charge in [0, 0.05) is 25.2 Å². The molecule has 0 amide bonds. The third-order valence-corrected chi connectivity index (χ3v) is 3.76. The maximum absolute atomic E-state index is 13.4. The summed E-state index contributed by atoms with van der Waals surface area (Å²) in [5, 5.41) is 10.7. The lowest BCUT2D eigenvalue weighted by molar-refractivity contribution is 0.0604. The lowest BCUT2D eigenvalue weighted by Gasteiger charge is -2.43. The van der Waals surface area contributed by atoms with E-state index in [0.717, 1.165) is 0 Å². The zero-order valence-corrected chi connectivity index (χ0v) is 10.2. The number of anilines is 2. The van der Waals surface area contributed by atoms with Gasteiger partial charge < -0.3 is 16.0 Å². The van der Waals surface area contributed by atoms with Gasteiger partial charge in [0.15, 0.2) is 11.0 Å². The predicted molar refractivity (Wildman–Crippen MR) is 64.2 cm³/mol. The van der Waals surface area contributed by atoms with Crippen molar-refractivity contribution in [2.45, 2.75) is 24.4 Å². The van der Waals surface area contributed by atoms with Crippen molar-refractivity contribution in [3.05, 3.63) is 11.2 Å². The Hall–Kier alpha value is -1.21. The van der Waals surface area contributed by atoms with Crippen molar-refractivity contribution in [1.29, 1.82) is 0 Å². The number of fused-ring (bicyclic) bond motifs is 3.